The van der Waals surface area contributed by atoms with Gasteiger partial charge in [-0.05, 0) is 96.3 Å². The van der Waals surface area contributed by atoms with Gasteiger partial charge in [0.1, 0.15) is 13.2 Å². The highest BCUT2D eigenvalue weighted by Crippen LogP contribution is 2.16. The van der Waals surface area contributed by atoms with Crippen LogP contribution in [0.2, 0.25) is 0 Å². The lowest BCUT2D eigenvalue weighted by molar-refractivity contribution is -0.167. The van der Waals surface area contributed by atoms with E-state index in [2.05, 4.69) is 69.4 Å². The Kier molecular flexibility index (Phi) is 54.8. The predicted molar refractivity (Wildman–Crippen MR) is 293 cm³/mol. The Morgan fingerprint density at radius 1 is 0.294 bits per heavy atom. The van der Waals surface area contributed by atoms with Crippen molar-refractivity contribution in [3.8, 4) is 0 Å². The molecule has 0 N–H and O–H groups in total. The largest absolute Gasteiger partial charge is 0.462 e. The molecule has 0 rings (SSSR count). The minimum absolute atomic E-state index is 0.0769. The van der Waals surface area contributed by atoms with E-state index in [1.54, 1.807) is 0 Å². The number of rotatable bonds is 54. The first-order valence-corrected chi connectivity index (χ1v) is 29.6. The fourth-order valence-electron chi connectivity index (χ4n) is 8.53. The molecule has 396 valence electrons. The molecule has 0 saturated carbocycles. The average molecular weight is 954 g/mol. The van der Waals surface area contributed by atoms with Crippen LogP contribution in [-0.4, -0.2) is 37.2 Å². The van der Waals surface area contributed by atoms with Crippen molar-refractivity contribution in [3.05, 3.63) is 48.6 Å². The fourth-order valence-corrected chi connectivity index (χ4v) is 8.53. The van der Waals surface area contributed by atoms with E-state index in [9.17, 15) is 14.4 Å². The lowest BCUT2D eigenvalue weighted by Gasteiger charge is -2.18. The number of esters is 3. The average Bonchev–Trinajstić information content (AvgIpc) is 3.34. The van der Waals surface area contributed by atoms with Crippen LogP contribution in [0, 0.1) is 0 Å². The molecule has 0 amide bonds. The second-order valence-corrected chi connectivity index (χ2v) is 19.9. The zero-order valence-corrected chi connectivity index (χ0v) is 45.4. The Bertz CT molecular complexity index is 1190. The van der Waals surface area contributed by atoms with Crippen LogP contribution >= 0.6 is 0 Å². The van der Waals surface area contributed by atoms with Crippen molar-refractivity contribution in [3.63, 3.8) is 0 Å². The normalized spacial score (nSPS) is 12.3. The van der Waals surface area contributed by atoms with Gasteiger partial charge in [-0.1, -0.05) is 243 Å². The molecule has 6 nitrogen and oxygen atoms in total. The Hall–Kier alpha value is -2.63. The van der Waals surface area contributed by atoms with Gasteiger partial charge < -0.3 is 14.2 Å². The molecule has 0 aliphatic carbocycles. The van der Waals surface area contributed by atoms with Crippen molar-refractivity contribution >= 4 is 17.9 Å². The van der Waals surface area contributed by atoms with Crippen LogP contribution in [0.3, 0.4) is 0 Å². The van der Waals surface area contributed by atoms with Crippen LogP contribution < -0.4 is 0 Å². The first-order valence-electron chi connectivity index (χ1n) is 29.6. The second-order valence-electron chi connectivity index (χ2n) is 19.9. The van der Waals surface area contributed by atoms with Crippen LogP contribution in [0.1, 0.15) is 310 Å². The number of carbonyl (C=O) groups is 3. The summed E-state index contributed by atoms with van der Waals surface area (Å²) in [6, 6.07) is 0. The zero-order valence-electron chi connectivity index (χ0n) is 45.4. The molecule has 1 unspecified atom stereocenters. The van der Waals surface area contributed by atoms with Crippen LogP contribution in [-0.2, 0) is 28.6 Å². The molecule has 0 aromatic heterocycles. The molecule has 68 heavy (non-hydrogen) atoms. The third kappa shape index (κ3) is 54.3. The number of unbranched alkanes of at least 4 members (excludes halogenated alkanes) is 35. The van der Waals surface area contributed by atoms with Gasteiger partial charge in [-0.15, -0.1) is 0 Å². The molecule has 0 fully saturated rings. The van der Waals surface area contributed by atoms with Crippen LogP contribution in [0.25, 0.3) is 0 Å². The van der Waals surface area contributed by atoms with E-state index in [4.69, 9.17) is 14.2 Å². The third-order valence-corrected chi connectivity index (χ3v) is 13.0. The van der Waals surface area contributed by atoms with Crippen molar-refractivity contribution in [2.45, 2.75) is 316 Å². The van der Waals surface area contributed by atoms with Crippen molar-refractivity contribution in [1.82, 2.24) is 0 Å². The van der Waals surface area contributed by atoms with E-state index in [0.29, 0.717) is 19.3 Å². The molecule has 0 saturated heterocycles. The Labute approximate surface area is 422 Å². The quantitative estimate of drug-likeness (QED) is 0.0262. The van der Waals surface area contributed by atoms with Crippen LogP contribution in [0.5, 0.6) is 0 Å². The Morgan fingerprint density at radius 2 is 0.559 bits per heavy atom. The summed E-state index contributed by atoms with van der Waals surface area (Å²) in [6.45, 7) is 6.58. The molecule has 0 aromatic rings. The molecule has 0 bridgehead atoms. The van der Waals surface area contributed by atoms with E-state index in [1.807, 2.05) is 0 Å². The van der Waals surface area contributed by atoms with Crippen molar-refractivity contribution in [2.75, 3.05) is 13.2 Å². The van der Waals surface area contributed by atoms with E-state index >= 15 is 0 Å². The maximum atomic E-state index is 12.8. The number of hydrogen-bond acceptors (Lipinski definition) is 6. The van der Waals surface area contributed by atoms with Gasteiger partial charge in [0.2, 0.25) is 0 Å². The predicted octanol–water partition coefficient (Wildman–Crippen LogP) is 19.8. The summed E-state index contributed by atoms with van der Waals surface area (Å²) in [7, 11) is 0. The number of carbonyl (C=O) groups excluding carboxylic acids is 3. The topological polar surface area (TPSA) is 78.9 Å². The molecule has 0 heterocycles. The van der Waals surface area contributed by atoms with Gasteiger partial charge in [0, 0.05) is 19.3 Å². The minimum atomic E-state index is -0.778. The smallest absolute Gasteiger partial charge is 0.306 e. The summed E-state index contributed by atoms with van der Waals surface area (Å²) >= 11 is 0. The van der Waals surface area contributed by atoms with Crippen molar-refractivity contribution < 1.29 is 28.6 Å². The van der Waals surface area contributed by atoms with Gasteiger partial charge in [0.05, 0.1) is 0 Å². The number of allylic oxidation sites excluding steroid dienone is 8. The number of ether oxygens (including phenoxy) is 3. The highest BCUT2D eigenvalue weighted by atomic mass is 16.6. The molecule has 0 spiro atoms. The zero-order chi connectivity index (χ0) is 49.3. The monoisotopic (exact) mass is 953 g/mol. The summed E-state index contributed by atoms with van der Waals surface area (Å²) in [6.07, 6.45) is 69.7. The molecular formula is C62H112O6. The first-order chi connectivity index (χ1) is 33.5. The standard InChI is InChI=1S/C62H112O6/c1-4-7-10-13-16-19-22-24-26-28-29-30-31-32-33-35-36-38-40-43-46-49-52-55-61(64)67-58-59(57-66-60(63)54-51-48-45-42-21-18-15-12-9-6-3)68-62(65)56-53-50-47-44-41-39-37-34-27-25-23-20-17-14-11-8-5-2/h12,15,22,24-25,27-29,59H,4-11,13-14,16-21,23,26,30-58H2,1-3H3/b15-12-,24-22-,27-25-,29-28-. The van der Waals surface area contributed by atoms with E-state index in [0.717, 1.165) is 77.0 Å². The molecular weight excluding hydrogens is 841 g/mol. The lowest BCUT2D eigenvalue weighted by atomic mass is 10.0. The molecule has 1 atom stereocenters. The van der Waals surface area contributed by atoms with Gasteiger partial charge in [-0.25, -0.2) is 0 Å². The summed E-state index contributed by atoms with van der Waals surface area (Å²) in [5.74, 6) is -0.882. The van der Waals surface area contributed by atoms with Gasteiger partial charge in [0.15, 0.2) is 6.10 Å². The first kappa shape index (κ1) is 65.4. The summed E-state index contributed by atoms with van der Waals surface area (Å²) < 4.78 is 16.8. The maximum absolute atomic E-state index is 12.8. The van der Waals surface area contributed by atoms with Gasteiger partial charge >= 0.3 is 17.9 Å². The molecule has 6 heteroatoms. The minimum Gasteiger partial charge on any atom is -0.462 e. The van der Waals surface area contributed by atoms with Gasteiger partial charge in [-0.2, -0.15) is 0 Å². The SMILES string of the molecule is CCC/C=C\CCCCCCCC(=O)OCC(COC(=O)CCCCCCCCCCCCC/C=C\C/C=C\CCCCCCC)OC(=O)CCCCCCCCC/C=C\CCCCCCCC. The summed E-state index contributed by atoms with van der Waals surface area (Å²) in [5, 5.41) is 0. The van der Waals surface area contributed by atoms with Crippen molar-refractivity contribution in [1.29, 1.82) is 0 Å². The molecule has 0 radical (unpaired) electrons. The van der Waals surface area contributed by atoms with Gasteiger partial charge in [0.25, 0.3) is 0 Å². The fraction of sp³-hybridized carbons (Fsp3) is 0.823. The van der Waals surface area contributed by atoms with Gasteiger partial charge in [-0.3, -0.25) is 14.4 Å². The van der Waals surface area contributed by atoms with E-state index in [1.165, 1.54) is 193 Å². The molecule has 0 aliphatic heterocycles. The number of hydrogen-bond donors (Lipinski definition) is 0. The lowest BCUT2D eigenvalue weighted by Crippen LogP contribution is -2.30. The third-order valence-electron chi connectivity index (χ3n) is 13.0. The van der Waals surface area contributed by atoms with Crippen molar-refractivity contribution in [2.24, 2.45) is 0 Å². The summed E-state index contributed by atoms with van der Waals surface area (Å²) in [4.78, 5) is 38.1. The highest BCUT2D eigenvalue weighted by Gasteiger charge is 2.19. The molecule has 0 aliphatic rings. The Morgan fingerprint density at radius 3 is 0.882 bits per heavy atom. The summed E-state index contributed by atoms with van der Waals surface area (Å²) in [5.41, 5.74) is 0. The maximum Gasteiger partial charge on any atom is 0.306 e. The second kappa shape index (κ2) is 57.0. The Balaban J connectivity index is 4.25. The van der Waals surface area contributed by atoms with Crippen LogP contribution in [0.4, 0.5) is 0 Å². The molecule has 0 aromatic carbocycles. The van der Waals surface area contributed by atoms with E-state index in [-0.39, 0.29) is 31.1 Å². The van der Waals surface area contributed by atoms with Crippen LogP contribution in [0.15, 0.2) is 48.6 Å². The highest BCUT2D eigenvalue weighted by molar-refractivity contribution is 5.71. The van der Waals surface area contributed by atoms with E-state index < -0.39 is 6.10 Å².